The Labute approximate surface area is 150 Å². The molecule has 0 aliphatic carbocycles. The Kier molecular flexibility index (Phi) is 5.11. The van der Waals surface area contributed by atoms with Gasteiger partial charge in [0, 0.05) is 17.6 Å². The maximum Gasteiger partial charge on any atom is 0.266 e. The zero-order valence-corrected chi connectivity index (χ0v) is 15.0. The number of amidine groups is 1. The normalized spacial score (nSPS) is 18.1. The Hall–Kier alpha value is -1.98. The van der Waals surface area contributed by atoms with Crippen LogP contribution in [-0.2, 0) is 4.79 Å². The number of thioether (sulfide) groups is 1. The van der Waals surface area contributed by atoms with Crippen LogP contribution in [0, 0.1) is 6.92 Å². The average molecular weight is 361 g/mol. The average Bonchev–Trinajstić information content (AvgIpc) is 3.09. The van der Waals surface area contributed by atoms with E-state index in [0.717, 1.165) is 17.9 Å². The minimum absolute atomic E-state index is 0.0383. The molecule has 0 radical (unpaired) electrons. The fourth-order valence-corrected chi connectivity index (χ4v) is 3.43. The predicted molar refractivity (Wildman–Crippen MR) is 99.6 cm³/mol. The van der Waals surface area contributed by atoms with Crippen molar-refractivity contribution in [3.8, 4) is 0 Å². The molecule has 1 aliphatic rings. The maximum absolute atomic E-state index is 12.7. The van der Waals surface area contributed by atoms with Gasteiger partial charge < -0.3 is 4.42 Å². The molecular weight excluding hydrogens is 344 g/mol. The molecule has 1 saturated heterocycles. The van der Waals surface area contributed by atoms with Gasteiger partial charge in [-0.3, -0.25) is 9.69 Å². The molecule has 2 heterocycles. The molecule has 1 aromatic heterocycles. The molecule has 1 amide bonds. The summed E-state index contributed by atoms with van der Waals surface area (Å²) in [5.41, 5.74) is 0.769. The molecule has 2 aromatic rings. The number of aryl methyl sites for hydroxylation is 1. The zero-order chi connectivity index (χ0) is 17.1. The standard InChI is InChI=1S/C18H17ClN2O2S/c1-3-10-21-17(22)16(11-15-9-4-12(2)23-15)24-18(21)20-14-7-5-13(19)6-8-14/h4-9,11H,3,10H2,1-2H3/b16-11-,20-18?. The molecule has 24 heavy (non-hydrogen) atoms. The number of furan rings is 1. The van der Waals surface area contributed by atoms with Gasteiger partial charge in [-0.15, -0.1) is 0 Å². The molecule has 1 aromatic carbocycles. The van der Waals surface area contributed by atoms with Gasteiger partial charge in [0.05, 0.1) is 10.6 Å². The van der Waals surface area contributed by atoms with Gasteiger partial charge in [-0.1, -0.05) is 18.5 Å². The van der Waals surface area contributed by atoms with E-state index >= 15 is 0 Å². The lowest BCUT2D eigenvalue weighted by Gasteiger charge is -2.13. The summed E-state index contributed by atoms with van der Waals surface area (Å²) in [4.78, 5) is 19.6. The summed E-state index contributed by atoms with van der Waals surface area (Å²) in [6, 6.07) is 11.0. The third-order valence-electron chi connectivity index (χ3n) is 3.42. The third-order valence-corrected chi connectivity index (χ3v) is 4.68. The van der Waals surface area contributed by atoms with Gasteiger partial charge in [-0.25, -0.2) is 4.99 Å². The fourth-order valence-electron chi connectivity index (χ4n) is 2.30. The van der Waals surface area contributed by atoms with Crippen molar-refractivity contribution < 1.29 is 9.21 Å². The Balaban J connectivity index is 1.92. The lowest BCUT2D eigenvalue weighted by Crippen LogP contribution is -2.29. The number of amides is 1. The van der Waals surface area contributed by atoms with Crippen LogP contribution in [0.25, 0.3) is 6.08 Å². The Morgan fingerprint density at radius 2 is 2.00 bits per heavy atom. The Morgan fingerprint density at radius 3 is 2.62 bits per heavy atom. The predicted octanol–water partition coefficient (Wildman–Crippen LogP) is 5.26. The van der Waals surface area contributed by atoms with Crippen LogP contribution >= 0.6 is 23.4 Å². The van der Waals surface area contributed by atoms with E-state index in [2.05, 4.69) is 4.99 Å². The van der Waals surface area contributed by atoms with Crippen molar-refractivity contribution in [2.24, 2.45) is 4.99 Å². The van der Waals surface area contributed by atoms with Crippen LogP contribution in [0.15, 0.2) is 50.7 Å². The van der Waals surface area contributed by atoms with E-state index in [1.165, 1.54) is 11.8 Å². The molecule has 0 bridgehead atoms. The van der Waals surface area contributed by atoms with Crippen molar-refractivity contribution in [2.75, 3.05) is 6.54 Å². The highest BCUT2D eigenvalue weighted by molar-refractivity contribution is 8.18. The summed E-state index contributed by atoms with van der Waals surface area (Å²) in [7, 11) is 0. The SMILES string of the molecule is CCCN1C(=O)/C(=C/c2ccc(C)o2)SC1=Nc1ccc(Cl)cc1. The molecule has 0 saturated carbocycles. The number of halogens is 1. The highest BCUT2D eigenvalue weighted by Gasteiger charge is 2.33. The number of rotatable bonds is 4. The lowest BCUT2D eigenvalue weighted by atomic mass is 10.3. The smallest absolute Gasteiger partial charge is 0.266 e. The van der Waals surface area contributed by atoms with Crippen molar-refractivity contribution in [2.45, 2.75) is 20.3 Å². The van der Waals surface area contributed by atoms with Crippen molar-refractivity contribution in [1.29, 1.82) is 0 Å². The first-order valence-corrected chi connectivity index (χ1v) is 8.88. The van der Waals surface area contributed by atoms with E-state index < -0.39 is 0 Å². The van der Waals surface area contributed by atoms with E-state index in [0.29, 0.717) is 27.4 Å². The van der Waals surface area contributed by atoms with Crippen molar-refractivity contribution >= 4 is 46.2 Å². The van der Waals surface area contributed by atoms with Crippen molar-refractivity contribution in [3.05, 3.63) is 57.8 Å². The highest BCUT2D eigenvalue weighted by atomic mass is 35.5. The first-order chi connectivity index (χ1) is 11.6. The number of hydrogen-bond donors (Lipinski definition) is 0. The van der Waals surface area contributed by atoms with E-state index in [4.69, 9.17) is 16.0 Å². The quantitative estimate of drug-likeness (QED) is 0.699. The topological polar surface area (TPSA) is 45.8 Å². The number of benzene rings is 1. The molecule has 0 spiro atoms. The minimum Gasteiger partial charge on any atom is -0.462 e. The van der Waals surface area contributed by atoms with E-state index in [9.17, 15) is 4.79 Å². The lowest BCUT2D eigenvalue weighted by molar-refractivity contribution is -0.122. The van der Waals surface area contributed by atoms with E-state index in [-0.39, 0.29) is 5.91 Å². The summed E-state index contributed by atoms with van der Waals surface area (Å²) in [5.74, 6) is 1.45. The number of carbonyl (C=O) groups is 1. The first-order valence-electron chi connectivity index (χ1n) is 7.69. The van der Waals surface area contributed by atoms with Gasteiger partial charge in [0.1, 0.15) is 11.5 Å². The van der Waals surface area contributed by atoms with Crippen LogP contribution in [-0.4, -0.2) is 22.5 Å². The largest absolute Gasteiger partial charge is 0.462 e. The van der Waals surface area contributed by atoms with Crippen LogP contribution in [0.2, 0.25) is 5.02 Å². The van der Waals surface area contributed by atoms with Crippen LogP contribution in [0.1, 0.15) is 24.9 Å². The molecule has 0 N–H and O–H groups in total. The Morgan fingerprint density at radius 1 is 1.25 bits per heavy atom. The number of carbonyl (C=O) groups excluding carboxylic acids is 1. The number of aliphatic imine (C=N–C) groups is 1. The van der Waals surface area contributed by atoms with Crippen LogP contribution < -0.4 is 0 Å². The molecule has 1 fully saturated rings. The monoisotopic (exact) mass is 360 g/mol. The second-order valence-electron chi connectivity index (χ2n) is 5.39. The van der Waals surface area contributed by atoms with E-state index in [1.807, 2.05) is 38.1 Å². The summed E-state index contributed by atoms with van der Waals surface area (Å²) in [6.45, 7) is 4.55. The molecule has 4 nitrogen and oxygen atoms in total. The highest BCUT2D eigenvalue weighted by Crippen LogP contribution is 2.34. The number of hydrogen-bond acceptors (Lipinski definition) is 4. The van der Waals surface area contributed by atoms with Gasteiger partial charge in [-0.2, -0.15) is 0 Å². The van der Waals surface area contributed by atoms with Crippen LogP contribution in [0.4, 0.5) is 5.69 Å². The molecular formula is C18H17ClN2O2S. The van der Waals surface area contributed by atoms with Crippen molar-refractivity contribution in [1.82, 2.24) is 4.90 Å². The summed E-state index contributed by atoms with van der Waals surface area (Å²) < 4.78 is 5.54. The van der Waals surface area contributed by atoms with Gasteiger partial charge >= 0.3 is 0 Å². The molecule has 0 atom stereocenters. The zero-order valence-electron chi connectivity index (χ0n) is 13.5. The van der Waals surface area contributed by atoms with Crippen LogP contribution in [0.3, 0.4) is 0 Å². The molecule has 6 heteroatoms. The summed E-state index contributed by atoms with van der Waals surface area (Å²) in [5, 5.41) is 1.34. The first kappa shape index (κ1) is 16.9. The van der Waals surface area contributed by atoms with Gasteiger partial charge in [0.15, 0.2) is 5.17 Å². The van der Waals surface area contributed by atoms with Gasteiger partial charge in [0.25, 0.3) is 5.91 Å². The minimum atomic E-state index is -0.0383. The second kappa shape index (κ2) is 7.28. The summed E-state index contributed by atoms with van der Waals surface area (Å²) in [6.07, 6.45) is 2.63. The molecule has 1 aliphatic heterocycles. The second-order valence-corrected chi connectivity index (χ2v) is 6.83. The van der Waals surface area contributed by atoms with E-state index in [1.54, 1.807) is 23.1 Å². The van der Waals surface area contributed by atoms with Crippen LogP contribution in [0.5, 0.6) is 0 Å². The van der Waals surface area contributed by atoms with Gasteiger partial charge in [-0.05, 0) is 61.5 Å². The fraction of sp³-hybridized carbons (Fsp3) is 0.222. The molecule has 3 rings (SSSR count). The maximum atomic E-state index is 12.7. The van der Waals surface area contributed by atoms with Crippen molar-refractivity contribution in [3.63, 3.8) is 0 Å². The Bertz CT molecular complexity index is 809. The van der Waals surface area contributed by atoms with Gasteiger partial charge in [0.2, 0.25) is 0 Å². The summed E-state index contributed by atoms with van der Waals surface area (Å²) >= 11 is 7.27. The molecule has 124 valence electrons. The molecule has 0 unspecified atom stereocenters. The number of nitrogens with zero attached hydrogens (tertiary/aromatic N) is 2. The third kappa shape index (κ3) is 3.74.